The second-order valence-corrected chi connectivity index (χ2v) is 2.29. The van der Waals surface area contributed by atoms with Crippen molar-refractivity contribution in [2.24, 2.45) is 0 Å². The summed E-state index contributed by atoms with van der Waals surface area (Å²) in [5.41, 5.74) is 2.40. The van der Waals surface area contributed by atoms with Gasteiger partial charge < -0.3 is 0 Å². The summed E-state index contributed by atoms with van der Waals surface area (Å²) in [7, 11) is 0. The van der Waals surface area contributed by atoms with Crippen LogP contribution in [0.15, 0.2) is 0 Å². The van der Waals surface area contributed by atoms with Gasteiger partial charge in [-0.25, -0.2) is 9.97 Å². The van der Waals surface area contributed by atoms with E-state index in [1.807, 2.05) is 13.8 Å². The average molecular weight is 134 g/mol. The van der Waals surface area contributed by atoms with Crippen LogP contribution in [-0.2, 0) is 0 Å². The van der Waals surface area contributed by atoms with Gasteiger partial charge >= 0.3 is 0 Å². The van der Waals surface area contributed by atoms with Crippen LogP contribution in [0, 0.1) is 13.8 Å². The van der Waals surface area contributed by atoms with Gasteiger partial charge in [0.2, 0.25) is 0 Å². The van der Waals surface area contributed by atoms with Gasteiger partial charge in [-0.05, 0) is 13.8 Å². The molecule has 0 bridgehead atoms. The van der Waals surface area contributed by atoms with E-state index in [9.17, 15) is 0 Å². The molecule has 0 amide bonds. The summed E-state index contributed by atoms with van der Waals surface area (Å²) in [4.78, 5) is 8.10. The van der Waals surface area contributed by atoms with Crippen LogP contribution >= 0.6 is 0 Å². The molecule has 0 aliphatic heterocycles. The molecule has 0 saturated heterocycles. The van der Waals surface area contributed by atoms with Crippen LogP contribution in [0.25, 0.3) is 13.2 Å². The number of hydrogen-bond acceptors (Lipinski definition) is 2. The summed E-state index contributed by atoms with van der Waals surface area (Å²) in [6.45, 7) is 11.3. The molecule has 1 heterocycles. The first-order valence-corrected chi connectivity index (χ1v) is 3.10. The predicted molar refractivity (Wildman–Crippen MR) is 41.8 cm³/mol. The van der Waals surface area contributed by atoms with Crippen molar-refractivity contribution in [1.29, 1.82) is 0 Å². The number of nitrogens with zero attached hydrogens (tertiary/aromatic N) is 2. The van der Waals surface area contributed by atoms with Gasteiger partial charge in [-0.3, -0.25) is 0 Å². The van der Waals surface area contributed by atoms with Gasteiger partial charge in [-0.2, -0.15) is 0 Å². The van der Waals surface area contributed by atoms with Crippen LogP contribution in [0.3, 0.4) is 0 Å². The monoisotopic (exact) mass is 134 g/mol. The first kappa shape index (κ1) is 6.93. The van der Waals surface area contributed by atoms with Crippen LogP contribution in [-0.4, -0.2) is 9.97 Å². The van der Waals surface area contributed by atoms with E-state index in [-0.39, 0.29) is 0 Å². The van der Waals surface area contributed by atoms with E-state index in [0.29, 0.717) is 5.48 Å². The third kappa shape index (κ3) is 1.05. The van der Waals surface area contributed by atoms with E-state index >= 15 is 0 Å². The zero-order valence-corrected chi connectivity index (χ0v) is 6.31. The normalized spacial score (nSPS) is 9.80. The fourth-order valence-electron chi connectivity index (χ4n) is 0.809. The van der Waals surface area contributed by atoms with Gasteiger partial charge in [0.15, 0.2) is 0 Å². The molecule has 0 aromatic carbocycles. The summed E-state index contributed by atoms with van der Waals surface area (Å²) in [5.74, 6) is 0. The fourth-order valence-corrected chi connectivity index (χ4v) is 0.809. The lowest BCUT2D eigenvalue weighted by Gasteiger charge is -1.94. The number of aryl methyl sites for hydroxylation is 2. The maximum absolute atomic E-state index is 4.05. The second kappa shape index (κ2) is 2.21. The maximum Gasteiger partial charge on any atom is 0.145 e. The average Bonchev–Trinajstić information content (AvgIpc) is 1.82. The SMILES string of the molecule is C=c1nc(C)c(=C)c(C)n1. The molecule has 1 rings (SSSR count). The van der Waals surface area contributed by atoms with Gasteiger partial charge in [0.25, 0.3) is 0 Å². The Morgan fingerprint density at radius 1 is 1.00 bits per heavy atom. The number of aromatic nitrogens is 2. The van der Waals surface area contributed by atoms with Crippen molar-refractivity contribution in [3.05, 3.63) is 22.1 Å². The minimum absolute atomic E-state index is 0.572. The molecule has 0 atom stereocenters. The molecule has 0 aliphatic rings. The van der Waals surface area contributed by atoms with Crippen LogP contribution in [0.5, 0.6) is 0 Å². The molecule has 0 unspecified atom stereocenters. The van der Waals surface area contributed by atoms with Gasteiger partial charge in [0, 0.05) is 16.6 Å². The van der Waals surface area contributed by atoms with E-state index in [2.05, 4.69) is 23.1 Å². The van der Waals surface area contributed by atoms with Gasteiger partial charge in [-0.15, -0.1) is 0 Å². The molecule has 0 spiro atoms. The predicted octanol–water partition coefficient (Wildman–Crippen LogP) is -0.0860. The van der Waals surface area contributed by atoms with Crippen molar-refractivity contribution < 1.29 is 0 Å². The zero-order chi connectivity index (χ0) is 7.72. The number of hydrogen-bond donors (Lipinski definition) is 0. The topological polar surface area (TPSA) is 25.8 Å². The van der Waals surface area contributed by atoms with E-state index in [1.54, 1.807) is 0 Å². The Morgan fingerprint density at radius 2 is 1.40 bits per heavy atom. The molecule has 0 radical (unpaired) electrons. The lowest BCUT2D eigenvalue weighted by atomic mass is 10.3. The van der Waals surface area contributed by atoms with E-state index < -0.39 is 0 Å². The summed E-state index contributed by atoms with van der Waals surface area (Å²) >= 11 is 0. The van der Waals surface area contributed by atoms with Crippen molar-refractivity contribution in [3.8, 4) is 0 Å². The molecule has 0 N–H and O–H groups in total. The summed E-state index contributed by atoms with van der Waals surface area (Å²) in [6, 6.07) is 0. The zero-order valence-electron chi connectivity index (χ0n) is 6.31. The molecular weight excluding hydrogens is 124 g/mol. The van der Waals surface area contributed by atoms with Crippen LogP contribution in [0.4, 0.5) is 0 Å². The van der Waals surface area contributed by atoms with Crippen LogP contribution in [0.1, 0.15) is 11.4 Å². The summed E-state index contributed by atoms with van der Waals surface area (Å²) < 4.78 is 0. The minimum atomic E-state index is 0.572. The molecule has 0 fully saturated rings. The molecule has 1 aromatic rings. The van der Waals surface area contributed by atoms with Crippen molar-refractivity contribution in [2.45, 2.75) is 13.8 Å². The fraction of sp³-hybridized carbons (Fsp3) is 0.250. The van der Waals surface area contributed by atoms with Gasteiger partial charge in [0.1, 0.15) is 5.48 Å². The third-order valence-corrected chi connectivity index (χ3v) is 1.47. The molecule has 52 valence electrons. The third-order valence-electron chi connectivity index (χ3n) is 1.47. The van der Waals surface area contributed by atoms with Crippen molar-refractivity contribution in [3.63, 3.8) is 0 Å². The quantitative estimate of drug-likeness (QED) is 0.495. The second-order valence-electron chi connectivity index (χ2n) is 2.29. The van der Waals surface area contributed by atoms with E-state index in [0.717, 1.165) is 16.6 Å². The standard InChI is InChI=1S/C8H10N2/c1-5-6(2)9-8(4)10-7(5)3/h1,4H2,2-3H3. The Morgan fingerprint density at radius 3 is 1.80 bits per heavy atom. The Kier molecular flexibility index (Phi) is 1.53. The highest BCUT2D eigenvalue weighted by Crippen LogP contribution is 1.77. The first-order chi connectivity index (χ1) is 4.61. The van der Waals surface area contributed by atoms with Crippen LogP contribution in [0.2, 0.25) is 0 Å². The van der Waals surface area contributed by atoms with Gasteiger partial charge in [0.05, 0.1) is 0 Å². The maximum atomic E-state index is 4.05. The van der Waals surface area contributed by atoms with Crippen molar-refractivity contribution in [1.82, 2.24) is 9.97 Å². The molecular formula is C8H10N2. The number of rotatable bonds is 0. The van der Waals surface area contributed by atoms with Crippen LogP contribution < -0.4 is 10.7 Å². The molecule has 0 saturated carbocycles. The lowest BCUT2D eigenvalue weighted by molar-refractivity contribution is 0.980. The Bertz CT molecular complexity index is 312. The van der Waals surface area contributed by atoms with Gasteiger partial charge in [-0.1, -0.05) is 13.2 Å². The molecule has 10 heavy (non-hydrogen) atoms. The summed E-state index contributed by atoms with van der Waals surface area (Å²) in [5, 5.41) is 0.910. The first-order valence-electron chi connectivity index (χ1n) is 3.10. The highest BCUT2D eigenvalue weighted by atomic mass is 14.8. The Labute approximate surface area is 60.0 Å². The highest BCUT2D eigenvalue weighted by molar-refractivity contribution is 5.15. The Hall–Kier alpha value is -1.18. The van der Waals surface area contributed by atoms with E-state index in [1.165, 1.54) is 0 Å². The lowest BCUT2D eigenvalue weighted by Crippen LogP contribution is -2.23. The van der Waals surface area contributed by atoms with Crippen molar-refractivity contribution >= 4 is 13.2 Å². The highest BCUT2D eigenvalue weighted by Gasteiger charge is 1.91. The minimum Gasteiger partial charge on any atom is -0.234 e. The molecule has 2 heteroatoms. The van der Waals surface area contributed by atoms with Crippen molar-refractivity contribution in [2.75, 3.05) is 0 Å². The smallest absolute Gasteiger partial charge is 0.145 e. The van der Waals surface area contributed by atoms with E-state index in [4.69, 9.17) is 0 Å². The summed E-state index contributed by atoms with van der Waals surface area (Å²) in [6.07, 6.45) is 0. The molecule has 2 nitrogen and oxygen atoms in total. The largest absolute Gasteiger partial charge is 0.234 e. The molecule has 0 aliphatic carbocycles. The molecule has 1 aromatic heterocycles. The Balaban J connectivity index is 3.62.